The highest BCUT2D eigenvalue weighted by atomic mass is 79.9. The predicted octanol–water partition coefficient (Wildman–Crippen LogP) is 5.07. The van der Waals surface area contributed by atoms with E-state index in [1.54, 1.807) is 27.7 Å². The largest absolute Gasteiger partial charge is 0.462 e. The Morgan fingerprint density at radius 3 is 2.35 bits per heavy atom. The van der Waals surface area contributed by atoms with Crippen LogP contribution in [-0.4, -0.2) is 46.6 Å². The van der Waals surface area contributed by atoms with Gasteiger partial charge >= 0.3 is 18.1 Å². The highest BCUT2D eigenvalue weighted by Crippen LogP contribution is 2.36. The normalized spacial score (nSPS) is 11.3. The van der Waals surface area contributed by atoms with E-state index in [9.17, 15) is 22.8 Å². The quantitative estimate of drug-likeness (QED) is 0.239. The molecular weight excluding hydrogens is 561 g/mol. The van der Waals surface area contributed by atoms with Crippen molar-refractivity contribution in [2.45, 2.75) is 46.8 Å². The lowest BCUT2D eigenvalue weighted by molar-refractivity contribution is -0.142. The number of nitrogens with one attached hydrogen (secondary N) is 2. The summed E-state index contributed by atoms with van der Waals surface area (Å²) in [6.07, 6.45) is -4.12. The monoisotopic (exact) mass is 584 g/mol. The second-order valence-electron chi connectivity index (χ2n) is 6.90. The molecule has 0 aliphatic heterocycles. The first-order chi connectivity index (χ1) is 15.9. The van der Waals surface area contributed by atoms with Crippen LogP contribution in [0.4, 0.5) is 18.2 Å². The number of nitrogens with zero attached hydrogens (tertiary/aromatic N) is 2. The van der Waals surface area contributed by atoms with Gasteiger partial charge in [-0.1, -0.05) is 0 Å². The Kier molecular flexibility index (Phi) is 9.88. The number of esters is 2. The van der Waals surface area contributed by atoms with Gasteiger partial charge in [-0.25, -0.2) is 9.59 Å². The first-order valence-electron chi connectivity index (χ1n) is 10.2. The molecule has 188 valence electrons. The molecule has 2 aromatic rings. The van der Waals surface area contributed by atoms with E-state index in [2.05, 4.69) is 31.7 Å². The number of hydrogen-bond acceptors (Lipinski definition) is 7. The van der Waals surface area contributed by atoms with Crippen LogP contribution in [0, 0.1) is 13.8 Å². The number of aromatic nitrogens is 2. The molecule has 0 bridgehead atoms. The smallest absolute Gasteiger partial charge is 0.436 e. The molecule has 0 saturated carbocycles. The van der Waals surface area contributed by atoms with Gasteiger partial charge in [-0.05, 0) is 67.8 Å². The molecule has 34 heavy (non-hydrogen) atoms. The zero-order valence-corrected chi connectivity index (χ0v) is 22.1. The zero-order valence-electron chi connectivity index (χ0n) is 18.9. The van der Waals surface area contributed by atoms with E-state index in [-0.39, 0.29) is 39.8 Å². The molecule has 2 aromatic heterocycles. The summed E-state index contributed by atoms with van der Waals surface area (Å²) in [5.74, 6) is -1.15. The summed E-state index contributed by atoms with van der Waals surface area (Å²) in [5.41, 5.74) is 0.0166. The van der Waals surface area contributed by atoms with E-state index in [1.807, 2.05) is 0 Å². The van der Waals surface area contributed by atoms with Gasteiger partial charge in [-0.2, -0.15) is 18.3 Å². The Hall–Kier alpha value is -2.19. The third-order valence-corrected chi connectivity index (χ3v) is 6.93. The van der Waals surface area contributed by atoms with E-state index < -0.39 is 23.8 Å². The summed E-state index contributed by atoms with van der Waals surface area (Å²) in [4.78, 5) is 24.9. The zero-order chi connectivity index (χ0) is 25.6. The number of carbonyl (C=O) groups excluding carboxylic acids is 2. The molecule has 0 atom stereocenters. The van der Waals surface area contributed by atoms with Gasteiger partial charge in [-0.3, -0.25) is 4.68 Å². The van der Waals surface area contributed by atoms with E-state index >= 15 is 0 Å². The van der Waals surface area contributed by atoms with Crippen molar-refractivity contribution in [3.63, 3.8) is 0 Å². The van der Waals surface area contributed by atoms with Crippen LogP contribution in [0.1, 0.15) is 57.2 Å². The van der Waals surface area contributed by atoms with Crippen molar-refractivity contribution in [2.24, 2.45) is 0 Å². The summed E-state index contributed by atoms with van der Waals surface area (Å²) in [6, 6.07) is 0. The van der Waals surface area contributed by atoms with Gasteiger partial charge in [0, 0.05) is 13.1 Å². The fraction of sp³-hybridized carbons (Fsp3) is 0.500. The molecule has 8 nitrogen and oxygen atoms in total. The number of rotatable bonds is 9. The predicted molar refractivity (Wildman–Crippen MR) is 129 cm³/mol. The third kappa shape index (κ3) is 6.69. The molecule has 0 aliphatic rings. The molecule has 2 rings (SSSR count). The number of alkyl halides is 3. The van der Waals surface area contributed by atoms with Crippen molar-refractivity contribution in [1.82, 2.24) is 15.1 Å². The maximum Gasteiger partial charge on any atom is 0.436 e. The second kappa shape index (κ2) is 12.0. The Bertz CT molecular complexity index is 1070. The van der Waals surface area contributed by atoms with Crippen LogP contribution < -0.4 is 10.6 Å². The second-order valence-corrected chi connectivity index (χ2v) is 9.13. The Morgan fingerprint density at radius 1 is 1.18 bits per heavy atom. The number of aryl methyl sites for hydroxylation is 1. The number of thiophene rings is 1. The van der Waals surface area contributed by atoms with Crippen LogP contribution in [0.25, 0.3) is 0 Å². The first-order valence-corrected chi connectivity index (χ1v) is 12.3. The number of carbonyl (C=O) groups is 2. The molecule has 0 unspecified atom stereocenters. The van der Waals surface area contributed by atoms with Crippen molar-refractivity contribution < 1.29 is 32.2 Å². The molecule has 0 aromatic carbocycles. The standard InChI is InChI=1S/C20H24BrF3N4O4S2/c1-5-31-17(29)12-10(3)14(18(30)32-6-2)34-16(12)26-19(33)25-8-7-9-28-11(4)13(21)15(27-28)20(22,23)24/h5-9H2,1-4H3,(H2,25,26,33). The van der Waals surface area contributed by atoms with Crippen molar-refractivity contribution >= 4 is 61.5 Å². The minimum Gasteiger partial charge on any atom is -0.462 e. The number of halogens is 4. The summed E-state index contributed by atoms with van der Waals surface area (Å²) >= 11 is 9.25. The summed E-state index contributed by atoms with van der Waals surface area (Å²) in [6.45, 7) is 7.42. The number of anilines is 1. The van der Waals surface area contributed by atoms with E-state index in [0.29, 0.717) is 29.2 Å². The van der Waals surface area contributed by atoms with Crippen molar-refractivity contribution in [3.05, 3.63) is 31.9 Å². The molecule has 0 fully saturated rings. The average molecular weight is 585 g/mol. The van der Waals surface area contributed by atoms with Crippen LogP contribution in [-0.2, 0) is 22.2 Å². The summed E-state index contributed by atoms with van der Waals surface area (Å²) < 4.78 is 50.3. The molecule has 0 radical (unpaired) electrons. The number of ether oxygens (including phenoxy) is 2. The lowest BCUT2D eigenvalue weighted by Gasteiger charge is -2.11. The Labute approximate surface area is 212 Å². The molecule has 2 heterocycles. The molecule has 2 N–H and O–H groups in total. The Morgan fingerprint density at radius 2 is 1.79 bits per heavy atom. The third-order valence-electron chi connectivity index (χ3n) is 4.55. The summed E-state index contributed by atoms with van der Waals surface area (Å²) in [5, 5.41) is 9.98. The summed E-state index contributed by atoms with van der Waals surface area (Å²) in [7, 11) is 0. The topological polar surface area (TPSA) is 94.5 Å². The van der Waals surface area contributed by atoms with E-state index in [4.69, 9.17) is 21.7 Å². The van der Waals surface area contributed by atoms with Gasteiger partial charge in [0.25, 0.3) is 0 Å². The van der Waals surface area contributed by atoms with E-state index in [1.165, 1.54) is 4.68 Å². The lowest BCUT2D eigenvalue weighted by atomic mass is 10.1. The lowest BCUT2D eigenvalue weighted by Crippen LogP contribution is -2.30. The fourth-order valence-corrected chi connectivity index (χ4v) is 4.81. The van der Waals surface area contributed by atoms with Crippen molar-refractivity contribution in [2.75, 3.05) is 25.1 Å². The van der Waals surface area contributed by atoms with Gasteiger partial charge in [0.2, 0.25) is 0 Å². The number of hydrogen-bond donors (Lipinski definition) is 2. The SMILES string of the molecule is CCOC(=O)c1sc(NC(=S)NCCCn2nc(C(F)(F)F)c(Br)c2C)c(C(=O)OCC)c1C. The number of thiocarbonyl (C=S) groups is 1. The minimum absolute atomic E-state index is 0.0814. The fourth-order valence-electron chi connectivity index (χ4n) is 2.94. The van der Waals surface area contributed by atoms with Crippen LogP contribution in [0.15, 0.2) is 4.47 Å². The maximum atomic E-state index is 13.0. The Balaban J connectivity index is 2.04. The van der Waals surface area contributed by atoms with Gasteiger partial charge < -0.3 is 20.1 Å². The van der Waals surface area contributed by atoms with Crippen molar-refractivity contribution in [1.29, 1.82) is 0 Å². The molecule has 14 heteroatoms. The highest BCUT2D eigenvalue weighted by molar-refractivity contribution is 9.10. The molecular formula is C20H24BrF3N4O4S2. The first kappa shape index (κ1) is 28.1. The van der Waals surface area contributed by atoms with Gasteiger partial charge in [0.15, 0.2) is 10.8 Å². The van der Waals surface area contributed by atoms with Crippen LogP contribution in [0.3, 0.4) is 0 Å². The van der Waals surface area contributed by atoms with E-state index in [0.717, 1.165) is 11.3 Å². The van der Waals surface area contributed by atoms with Crippen molar-refractivity contribution in [3.8, 4) is 0 Å². The average Bonchev–Trinajstić information content (AvgIpc) is 3.22. The van der Waals surface area contributed by atoms with Crippen LogP contribution in [0.5, 0.6) is 0 Å². The van der Waals surface area contributed by atoms with Crippen LogP contribution in [0.2, 0.25) is 0 Å². The molecule has 0 saturated heterocycles. The van der Waals surface area contributed by atoms with Gasteiger partial charge in [-0.15, -0.1) is 11.3 Å². The maximum absolute atomic E-state index is 13.0. The molecule has 0 amide bonds. The van der Waals surface area contributed by atoms with Gasteiger partial charge in [0.05, 0.1) is 28.9 Å². The highest BCUT2D eigenvalue weighted by Gasteiger charge is 2.37. The van der Waals surface area contributed by atoms with Gasteiger partial charge in [0.1, 0.15) is 9.88 Å². The minimum atomic E-state index is -4.55. The van der Waals surface area contributed by atoms with Crippen LogP contribution >= 0.6 is 39.5 Å². The molecule has 0 aliphatic carbocycles. The molecule has 0 spiro atoms.